The maximum atomic E-state index is 12.1. The fourth-order valence-electron chi connectivity index (χ4n) is 2.27. The van der Waals surface area contributed by atoms with Crippen LogP contribution in [-0.4, -0.2) is 0 Å². The van der Waals surface area contributed by atoms with Crippen LogP contribution in [0.4, 0.5) is 0 Å². The second-order valence-corrected chi connectivity index (χ2v) is 4.04. The van der Waals surface area contributed by atoms with Crippen LogP contribution < -0.4 is 5.43 Å². The Morgan fingerprint density at radius 3 is 2.80 bits per heavy atom. The number of rotatable bonds is 0. The largest absolute Gasteiger partial charge is 0.461 e. The Bertz CT molecular complexity index is 566. The molecule has 15 heavy (non-hydrogen) atoms. The number of para-hydroxylation sites is 1. The molecule has 1 aliphatic carbocycles. The first-order valence-electron chi connectivity index (χ1n) is 5.40. The third kappa shape index (κ3) is 1.29. The van der Waals surface area contributed by atoms with Crippen LogP contribution in [0.1, 0.15) is 24.2 Å². The van der Waals surface area contributed by atoms with Crippen molar-refractivity contribution in [1.29, 1.82) is 0 Å². The summed E-state index contributed by atoms with van der Waals surface area (Å²) in [5, 5.41) is 0.721. The van der Waals surface area contributed by atoms with Gasteiger partial charge in [0, 0.05) is 12.0 Å². The smallest absolute Gasteiger partial charge is 0.196 e. The molecule has 0 fully saturated rings. The molecule has 76 valence electrons. The van der Waals surface area contributed by atoms with Crippen molar-refractivity contribution < 1.29 is 4.42 Å². The zero-order valence-electron chi connectivity index (χ0n) is 8.45. The van der Waals surface area contributed by atoms with Crippen LogP contribution in [0.15, 0.2) is 33.5 Å². The van der Waals surface area contributed by atoms with E-state index in [0.717, 1.165) is 48.0 Å². The van der Waals surface area contributed by atoms with Crippen LogP contribution in [0.25, 0.3) is 11.0 Å². The summed E-state index contributed by atoms with van der Waals surface area (Å²) in [5.41, 5.74) is 1.80. The minimum atomic E-state index is 0.173. The van der Waals surface area contributed by atoms with Gasteiger partial charge < -0.3 is 4.42 Å². The van der Waals surface area contributed by atoms with Crippen LogP contribution in [-0.2, 0) is 12.8 Å². The van der Waals surface area contributed by atoms with Crippen molar-refractivity contribution in [2.24, 2.45) is 0 Å². The molecule has 0 saturated carbocycles. The molecular weight excluding hydrogens is 188 g/mol. The molecule has 0 N–H and O–H groups in total. The van der Waals surface area contributed by atoms with Crippen molar-refractivity contribution in [2.75, 3.05) is 0 Å². The van der Waals surface area contributed by atoms with E-state index in [9.17, 15) is 4.79 Å². The van der Waals surface area contributed by atoms with Gasteiger partial charge in [-0.25, -0.2) is 0 Å². The molecule has 2 aromatic rings. The minimum Gasteiger partial charge on any atom is -0.461 e. The topological polar surface area (TPSA) is 30.2 Å². The molecule has 1 aromatic carbocycles. The number of benzene rings is 1. The van der Waals surface area contributed by atoms with Crippen LogP contribution in [0, 0.1) is 0 Å². The molecule has 0 radical (unpaired) electrons. The van der Waals surface area contributed by atoms with E-state index in [1.807, 2.05) is 24.3 Å². The summed E-state index contributed by atoms with van der Waals surface area (Å²) < 4.78 is 5.77. The lowest BCUT2D eigenvalue weighted by Crippen LogP contribution is -2.16. The van der Waals surface area contributed by atoms with Gasteiger partial charge in [0.2, 0.25) is 0 Å². The third-order valence-corrected chi connectivity index (χ3v) is 3.06. The molecule has 0 spiro atoms. The normalized spacial score (nSPS) is 15.2. The quantitative estimate of drug-likeness (QED) is 0.654. The standard InChI is InChI=1S/C13H12O2/c14-13-9-5-1-3-7-11(9)15-12-8-4-2-6-10(12)13/h1,3,5,7H,2,4,6,8H2. The highest BCUT2D eigenvalue weighted by Crippen LogP contribution is 2.22. The molecule has 1 heterocycles. The number of aryl methyl sites for hydroxylation is 1. The Morgan fingerprint density at radius 1 is 1.07 bits per heavy atom. The molecule has 1 aromatic heterocycles. The van der Waals surface area contributed by atoms with Gasteiger partial charge in [0.15, 0.2) is 5.43 Å². The van der Waals surface area contributed by atoms with Crippen molar-refractivity contribution in [2.45, 2.75) is 25.7 Å². The summed E-state index contributed by atoms with van der Waals surface area (Å²) in [4.78, 5) is 12.1. The molecule has 0 aliphatic heterocycles. The van der Waals surface area contributed by atoms with E-state index < -0.39 is 0 Å². The van der Waals surface area contributed by atoms with E-state index in [0.29, 0.717) is 0 Å². The summed E-state index contributed by atoms with van der Waals surface area (Å²) in [7, 11) is 0. The maximum absolute atomic E-state index is 12.1. The van der Waals surface area contributed by atoms with Gasteiger partial charge in [0.25, 0.3) is 0 Å². The van der Waals surface area contributed by atoms with Crippen molar-refractivity contribution in [3.63, 3.8) is 0 Å². The Morgan fingerprint density at radius 2 is 1.87 bits per heavy atom. The monoisotopic (exact) mass is 200 g/mol. The highest BCUT2D eigenvalue weighted by atomic mass is 16.3. The Kier molecular flexibility index (Phi) is 1.88. The van der Waals surface area contributed by atoms with Gasteiger partial charge in [-0.2, -0.15) is 0 Å². The summed E-state index contributed by atoms with van der Waals surface area (Å²) in [6.07, 6.45) is 4.03. The molecule has 0 bridgehead atoms. The Labute approximate surface area is 87.5 Å². The minimum absolute atomic E-state index is 0.173. The zero-order chi connectivity index (χ0) is 10.3. The van der Waals surface area contributed by atoms with Gasteiger partial charge in [0.1, 0.15) is 11.3 Å². The van der Waals surface area contributed by atoms with E-state index in [1.165, 1.54) is 0 Å². The van der Waals surface area contributed by atoms with Crippen LogP contribution in [0.5, 0.6) is 0 Å². The molecule has 0 saturated heterocycles. The fourth-order valence-corrected chi connectivity index (χ4v) is 2.27. The Balaban J connectivity index is 2.41. The van der Waals surface area contributed by atoms with Gasteiger partial charge in [0.05, 0.1) is 5.39 Å². The number of hydrogen-bond acceptors (Lipinski definition) is 2. The lowest BCUT2D eigenvalue weighted by molar-refractivity contribution is 0.487. The summed E-state index contributed by atoms with van der Waals surface area (Å²) in [5.74, 6) is 0.907. The van der Waals surface area contributed by atoms with Crippen molar-refractivity contribution in [1.82, 2.24) is 0 Å². The van der Waals surface area contributed by atoms with E-state index >= 15 is 0 Å². The van der Waals surface area contributed by atoms with E-state index in [2.05, 4.69) is 0 Å². The highest BCUT2D eigenvalue weighted by molar-refractivity contribution is 5.77. The van der Waals surface area contributed by atoms with Gasteiger partial charge in [-0.3, -0.25) is 4.79 Å². The summed E-state index contributed by atoms with van der Waals surface area (Å²) in [6.45, 7) is 0. The van der Waals surface area contributed by atoms with Crippen molar-refractivity contribution in [3.05, 3.63) is 45.8 Å². The predicted molar refractivity (Wildman–Crippen MR) is 59.1 cm³/mol. The fraction of sp³-hybridized carbons (Fsp3) is 0.308. The molecule has 3 rings (SSSR count). The van der Waals surface area contributed by atoms with Gasteiger partial charge in [-0.05, 0) is 31.4 Å². The second-order valence-electron chi connectivity index (χ2n) is 4.04. The lowest BCUT2D eigenvalue weighted by Gasteiger charge is -2.13. The van der Waals surface area contributed by atoms with Crippen LogP contribution in [0.3, 0.4) is 0 Å². The molecule has 2 nitrogen and oxygen atoms in total. The Hall–Kier alpha value is -1.57. The average molecular weight is 200 g/mol. The van der Waals surface area contributed by atoms with Crippen molar-refractivity contribution in [3.8, 4) is 0 Å². The van der Waals surface area contributed by atoms with Gasteiger partial charge in [-0.1, -0.05) is 12.1 Å². The molecule has 0 atom stereocenters. The molecule has 0 amide bonds. The molecular formula is C13H12O2. The first-order valence-corrected chi connectivity index (χ1v) is 5.40. The second kappa shape index (κ2) is 3.23. The third-order valence-electron chi connectivity index (χ3n) is 3.06. The SMILES string of the molecule is O=c1c2c(oc3ccccc13)CCCC2. The van der Waals surface area contributed by atoms with Gasteiger partial charge in [-0.15, -0.1) is 0 Å². The van der Waals surface area contributed by atoms with Crippen LogP contribution in [0.2, 0.25) is 0 Å². The molecule has 2 heteroatoms. The molecule has 0 unspecified atom stereocenters. The number of fused-ring (bicyclic) bond motifs is 2. The predicted octanol–water partition coefficient (Wildman–Crippen LogP) is 2.67. The van der Waals surface area contributed by atoms with E-state index in [1.54, 1.807) is 0 Å². The lowest BCUT2D eigenvalue weighted by atomic mass is 9.96. The average Bonchev–Trinajstić information content (AvgIpc) is 2.30. The zero-order valence-corrected chi connectivity index (χ0v) is 8.45. The first kappa shape index (κ1) is 8.72. The van der Waals surface area contributed by atoms with E-state index in [-0.39, 0.29) is 5.43 Å². The van der Waals surface area contributed by atoms with Crippen LogP contribution >= 0.6 is 0 Å². The summed E-state index contributed by atoms with van der Waals surface area (Å²) >= 11 is 0. The first-order chi connectivity index (χ1) is 7.36. The number of hydrogen-bond donors (Lipinski definition) is 0. The van der Waals surface area contributed by atoms with E-state index in [4.69, 9.17) is 4.42 Å². The van der Waals surface area contributed by atoms with Gasteiger partial charge >= 0.3 is 0 Å². The van der Waals surface area contributed by atoms with Crippen molar-refractivity contribution >= 4 is 11.0 Å². The highest BCUT2D eigenvalue weighted by Gasteiger charge is 2.16. The summed E-state index contributed by atoms with van der Waals surface area (Å²) in [6, 6.07) is 7.50. The maximum Gasteiger partial charge on any atom is 0.196 e. The molecule has 1 aliphatic rings.